The first-order valence-corrected chi connectivity index (χ1v) is 8.70. The lowest BCUT2D eigenvalue weighted by atomic mass is 9.81. The van der Waals surface area contributed by atoms with E-state index in [0.717, 1.165) is 18.7 Å². The fourth-order valence-corrected chi connectivity index (χ4v) is 4.39. The summed E-state index contributed by atoms with van der Waals surface area (Å²) in [6.07, 6.45) is 0.913. The molecule has 2 aromatic rings. The number of benzene rings is 1. The number of para-hydroxylation sites is 1. The molecule has 0 N–H and O–H groups in total. The summed E-state index contributed by atoms with van der Waals surface area (Å²) in [6.45, 7) is 4.91. The van der Waals surface area contributed by atoms with Gasteiger partial charge in [-0.1, -0.05) is 18.2 Å². The molecule has 0 aliphatic carbocycles. The molecule has 2 saturated heterocycles. The molecule has 0 spiro atoms. The smallest absolute Gasteiger partial charge is 0.324 e. The van der Waals surface area contributed by atoms with Crippen molar-refractivity contribution in [3.8, 4) is 0 Å². The van der Waals surface area contributed by atoms with Crippen molar-refractivity contribution in [3.63, 3.8) is 0 Å². The first-order valence-electron chi connectivity index (χ1n) is 8.70. The van der Waals surface area contributed by atoms with Crippen LogP contribution in [0.4, 0.5) is 10.5 Å². The van der Waals surface area contributed by atoms with Crippen molar-refractivity contribution in [3.05, 3.63) is 41.6 Å². The number of likely N-dealkylation sites (tertiary alicyclic amines) is 1. The molecule has 0 unspecified atom stereocenters. The lowest BCUT2D eigenvalue weighted by Crippen LogP contribution is -2.44. The van der Waals surface area contributed by atoms with E-state index in [1.165, 1.54) is 5.56 Å². The van der Waals surface area contributed by atoms with Crippen molar-refractivity contribution in [2.24, 2.45) is 5.92 Å². The van der Waals surface area contributed by atoms with Crippen molar-refractivity contribution in [2.75, 3.05) is 37.7 Å². The third-order valence-electron chi connectivity index (χ3n) is 5.71. The highest BCUT2D eigenvalue weighted by atomic mass is 16.5. The van der Waals surface area contributed by atoms with Crippen LogP contribution in [0.3, 0.4) is 0 Å². The molecular formula is C18H20N4O3. The van der Waals surface area contributed by atoms with Crippen LogP contribution in [0.1, 0.15) is 17.3 Å². The number of urea groups is 1. The molecule has 7 nitrogen and oxygen atoms in total. The van der Waals surface area contributed by atoms with Gasteiger partial charge in [-0.05, 0) is 18.1 Å². The Morgan fingerprint density at radius 2 is 2.20 bits per heavy atom. The molecule has 25 heavy (non-hydrogen) atoms. The molecule has 0 bridgehead atoms. The Morgan fingerprint density at radius 1 is 1.32 bits per heavy atom. The maximum atomic E-state index is 13.2. The second kappa shape index (κ2) is 5.29. The van der Waals surface area contributed by atoms with Gasteiger partial charge in [-0.2, -0.15) is 0 Å². The molecule has 1 aromatic carbocycles. The highest BCUT2D eigenvalue weighted by molar-refractivity contribution is 5.94. The number of fused-ring (bicyclic) bond motifs is 2. The number of anilines is 1. The summed E-state index contributed by atoms with van der Waals surface area (Å²) >= 11 is 0. The number of rotatable bonds is 1. The van der Waals surface area contributed by atoms with Gasteiger partial charge in [-0.25, -0.2) is 4.79 Å². The highest BCUT2D eigenvalue weighted by Crippen LogP contribution is 2.44. The summed E-state index contributed by atoms with van der Waals surface area (Å²) < 4.78 is 11.4. The van der Waals surface area contributed by atoms with E-state index in [1.54, 1.807) is 6.92 Å². The van der Waals surface area contributed by atoms with Crippen LogP contribution >= 0.6 is 0 Å². The highest BCUT2D eigenvalue weighted by Gasteiger charge is 2.57. The zero-order valence-corrected chi connectivity index (χ0v) is 14.1. The standard InChI is InChI=1S/C18H20N4O3/c1-12-19-20-16(25-12)18-10-21(8-14(18)9-24-11-18)17(23)22-7-6-13-4-2-3-5-15(13)22/h2-5,14H,6-11H2,1H3/t14-,18-/m1/s1. The molecule has 7 heteroatoms. The van der Waals surface area contributed by atoms with Gasteiger partial charge in [0, 0.05) is 38.2 Å². The van der Waals surface area contributed by atoms with Gasteiger partial charge in [-0.15, -0.1) is 10.2 Å². The molecule has 3 aliphatic heterocycles. The molecule has 4 heterocycles. The number of nitrogens with zero attached hydrogens (tertiary/aromatic N) is 4. The monoisotopic (exact) mass is 340 g/mol. The summed E-state index contributed by atoms with van der Waals surface area (Å²) in [5.41, 5.74) is 1.90. The van der Waals surface area contributed by atoms with Gasteiger partial charge in [0.2, 0.25) is 11.8 Å². The zero-order valence-electron chi connectivity index (χ0n) is 14.1. The second-order valence-electron chi connectivity index (χ2n) is 7.19. The van der Waals surface area contributed by atoms with E-state index in [2.05, 4.69) is 16.3 Å². The molecular weight excluding hydrogens is 320 g/mol. The van der Waals surface area contributed by atoms with Crippen molar-refractivity contribution >= 4 is 11.7 Å². The Labute approximate surface area is 145 Å². The maximum absolute atomic E-state index is 13.2. The van der Waals surface area contributed by atoms with Crippen LogP contribution in [0, 0.1) is 12.8 Å². The van der Waals surface area contributed by atoms with Crippen molar-refractivity contribution in [2.45, 2.75) is 18.8 Å². The zero-order chi connectivity index (χ0) is 17.0. The predicted octanol–water partition coefficient (Wildman–Crippen LogP) is 1.76. The number of hydrogen-bond acceptors (Lipinski definition) is 5. The number of amides is 2. The molecule has 2 amide bonds. The lowest BCUT2D eigenvalue weighted by Gasteiger charge is -2.27. The van der Waals surface area contributed by atoms with E-state index >= 15 is 0 Å². The van der Waals surface area contributed by atoms with Crippen LogP contribution in [0.5, 0.6) is 0 Å². The Morgan fingerprint density at radius 3 is 3.04 bits per heavy atom. The molecule has 130 valence electrons. The average Bonchev–Trinajstić information content (AvgIpc) is 3.35. The number of aromatic nitrogens is 2. The first kappa shape index (κ1) is 14.9. The average molecular weight is 340 g/mol. The number of carbonyl (C=O) groups is 1. The molecule has 5 rings (SSSR count). The van der Waals surface area contributed by atoms with Gasteiger partial charge in [-0.3, -0.25) is 4.90 Å². The molecule has 0 saturated carbocycles. The van der Waals surface area contributed by atoms with Gasteiger partial charge >= 0.3 is 6.03 Å². The fraction of sp³-hybridized carbons (Fsp3) is 0.500. The Bertz CT molecular complexity index is 835. The van der Waals surface area contributed by atoms with E-state index in [0.29, 0.717) is 38.1 Å². The topological polar surface area (TPSA) is 71.7 Å². The van der Waals surface area contributed by atoms with E-state index < -0.39 is 0 Å². The summed E-state index contributed by atoms with van der Waals surface area (Å²) in [5, 5.41) is 8.22. The largest absolute Gasteiger partial charge is 0.425 e. The third-order valence-corrected chi connectivity index (χ3v) is 5.71. The SMILES string of the molecule is Cc1nnc([C@]23COC[C@H]2CN(C(=O)N2CCc4ccccc42)C3)o1. The van der Waals surface area contributed by atoms with Crippen molar-refractivity contribution < 1.29 is 13.9 Å². The molecule has 0 radical (unpaired) electrons. The van der Waals surface area contributed by atoms with Crippen LogP contribution in [-0.4, -0.2) is 54.0 Å². The molecule has 1 aromatic heterocycles. The van der Waals surface area contributed by atoms with Crippen LogP contribution in [0.2, 0.25) is 0 Å². The van der Waals surface area contributed by atoms with Gasteiger partial charge < -0.3 is 14.1 Å². The van der Waals surface area contributed by atoms with Gasteiger partial charge in [0.05, 0.1) is 18.6 Å². The van der Waals surface area contributed by atoms with E-state index in [9.17, 15) is 4.79 Å². The third kappa shape index (κ3) is 2.12. The second-order valence-corrected chi connectivity index (χ2v) is 7.19. The first-order chi connectivity index (χ1) is 12.2. The Hall–Kier alpha value is -2.41. The van der Waals surface area contributed by atoms with E-state index in [1.807, 2.05) is 28.0 Å². The Balaban J connectivity index is 1.43. The van der Waals surface area contributed by atoms with Gasteiger partial charge in [0.25, 0.3) is 0 Å². The van der Waals surface area contributed by atoms with Gasteiger partial charge in [0.1, 0.15) is 0 Å². The van der Waals surface area contributed by atoms with E-state index in [4.69, 9.17) is 9.15 Å². The van der Waals surface area contributed by atoms with Crippen molar-refractivity contribution in [1.82, 2.24) is 15.1 Å². The minimum atomic E-state index is -0.365. The van der Waals surface area contributed by atoms with Crippen molar-refractivity contribution in [1.29, 1.82) is 0 Å². The van der Waals surface area contributed by atoms with E-state index in [-0.39, 0.29) is 17.4 Å². The van der Waals surface area contributed by atoms with Crippen LogP contribution in [0.25, 0.3) is 0 Å². The maximum Gasteiger partial charge on any atom is 0.324 e. The minimum absolute atomic E-state index is 0.0648. The summed E-state index contributed by atoms with van der Waals surface area (Å²) in [6, 6.07) is 8.20. The summed E-state index contributed by atoms with van der Waals surface area (Å²) in [5.74, 6) is 1.35. The molecule has 2 atom stereocenters. The van der Waals surface area contributed by atoms with Crippen LogP contribution in [0.15, 0.2) is 28.7 Å². The molecule has 2 fully saturated rings. The summed E-state index contributed by atoms with van der Waals surface area (Å²) in [7, 11) is 0. The fourth-order valence-electron chi connectivity index (χ4n) is 4.39. The number of aryl methyl sites for hydroxylation is 1. The minimum Gasteiger partial charge on any atom is -0.425 e. The Kier molecular flexibility index (Phi) is 3.15. The lowest BCUT2D eigenvalue weighted by molar-refractivity contribution is 0.145. The van der Waals surface area contributed by atoms with Gasteiger partial charge in [0.15, 0.2) is 0 Å². The summed E-state index contributed by atoms with van der Waals surface area (Å²) in [4.78, 5) is 17.0. The molecule has 3 aliphatic rings. The quantitative estimate of drug-likeness (QED) is 0.791. The number of hydrogen-bond donors (Lipinski definition) is 0. The van der Waals surface area contributed by atoms with Crippen LogP contribution < -0.4 is 4.90 Å². The number of carbonyl (C=O) groups excluding carboxylic acids is 1. The van der Waals surface area contributed by atoms with Crippen LogP contribution in [-0.2, 0) is 16.6 Å². The predicted molar refractivity (Wildman–Crippen MR) is 89.5 cm³/mol. The normalized spacial score (nSPS) is 27.6. The number of ether oxygens (including phenoxy) is 1.